The fraction of sp³-hybridized carbons (Fsp3) is 0.462. The molecule has 0 saturated heterocycles. The first-order valence-corrected chi connectivity index (χ1v) is 8.92. The van der Waals surface area contributed by atoms with E-state index in [0.29, 0.717) is 17.4 Å². The molecule has 1 aromatic carbocycles. The van der Waals surface area contributed by atoms with Crippen molar-refractivity contribution < 1.29 is 8.42 Å². The van der Waals surface area contributed by atoms with Crippen molar-refractivity contribution in [3.8, 4) is 0 Å². The quantitative estimate of drug-likeness (QED) is 0.267. The summed E-state index contributed by atoms with van der Waals surface area (Å²) in [4.78, 5) is 4.41. The number of aliphatic imine (C=N–C) groups is 1. The van der Waals surface area contributed by atoms with E-state index < -0.39 is 9.84 Å². The lowest BCUT2D eigenvalue weighted by Gasteiger charge is -2.07. The van der Waals surface area contributed by atoms with Gasteiger partial charge in [0.25, 0.3) is 0 Å². The van der Waals surface area contributed by atoms with Gasteiger partial charge in [0.2, 0.25) is 0 Å². The highest BCUT2D eigenvalue weighted by Gasteiger charge is 2.13. The third-order valence-corrected chi connectivity index (χ3v) is 4.90. The second kappa shape index (κ2) is 10.4. The molecule has 0 bridgehead atoms. The van der Waals surface area contributed by atoms with Crippen molar-refractivity contribution in [2.45, 2.75) is 24.7 Å². The van der Waals surface area contributed by atoms with Crippen molar-refractivity contribution in [1.29, 1.82) is 0 Å². The van der Waals surface area contributed by atoms with Crippen LogP contribution in [0, 0.1) is 0 Å². The van der Waals surface area contributed by atoms with Crippen molar-refractivity contribution >= 4 is 55.7 Å². The number of benzene rings is 1. The van der Waals surface area contributed by atoms with E-state index in [0.717, 1.165) is 17.3 Å². The molecule has 0 heterocycles. The summed E-state index contributed by atoms with van der Waals surface area (Å²) in [6.07, 6.45) is 2.02. The van der Waals surface area contributed by atoms with Gasteiger partial charge < -0.3 is 11.1 Å². The van der Waals surface area contributed by atoms with Crippen molar-refractivity contribution in [1.82, 2.24) is 5.32 Å². The van der Waals surface area contributed by atoms with Crippen molar-refractivity contribution in [3.05, 3.63) is 28.7 Å². The highest BCUT2D eigenvalue weighted by atomic mass is 127. The zero-order chi connectivity index (χ0) is 15.0. The fourth-order valence-corrected chi connectivity index (χ4v) is 2.91. The van der Waals surface area contributed by atoms with Crippen LogP contribution in [0.5, 0.6) is 0 Å². The van der Waals surface area contributed by atoms with Crippen molar-refractivity contribution in [3.63, 3.8) is 0 Å². The Morgan fingerprint density at radius 2 is 1.95 bits per heavy atom. The van der Waals surface area contributed by atoms with Crippen molar-refractivity contribution in [2.24, 2.45) is 10.7 Å². The normalized spacial score (nSPS) is 11.8. The van der Waals surface area contributed by atoms with Gasteiger partial charge in [-0.15, -0.1) is 24.0 Å². The molecule has 120 valence electrons. The van der Waals surface area contributed by atoms with Crippen molar-refractivity contribution in [2.75, 3.05) is 18.8 Å². The van der Waals surface area contributed by atoms with Crippen LogP contribution in [0.25, 0.3) is 0 Å². The molecule has 0 fully saturated rings. The SMILES string of the molecule is CCCCN=C(N)NCCS(=O)(=O)c1ccc(Br)cc1.I. The summed E-state index contributed by atoms with van der Waals surface area (Å²) < 4.78 is 24.9. The first-order valence-electron chi connectivity index (χ1n) is 6.48. The molecule has 0 aliphatic rings. The smallest absolute Gasteiger partial charge is 0.188 e. The van der Waals surface area contributed by atoms with E-state index in [1.807, 2.05) is 0 Å². The predicted octanol–water partition coefficient (Wildman–Crippen LogP) is 2.55. The molecule has 1 aromatic rings. The average Bonchev–Trinajstić information content (AvgIpc) is 2.39. The van der Waals surface area contributed by atoms with Gasteiger partial charge in [0, 0.05) is 17.6 Å². The van der Waals surface area contributed by atoms with E-state index in [2.05, 4.69) is 33.2 Å². The molecule has 0 aromatic heterocycles. The highest BCUT2D eigenvalue weighted by molar-refractivity contribution is 14.0. The molecule has 0 radical (unpaired) electrons. The van der Waals surface area contributed by atoms with Crippen LogP contribution in [0.15, 0.2) is 38.6 Å². The summed E-state index contributed by atoms with van der Waals surface area (Å²) in [5, 5.41) is 2.82. The Morgan fingerprint density at radius 1 is 1.33 bits per heavy atom. The van der Waals surface area contributed by atoms with Crippen LogP contribution in [0.1, 0.15) is 19.8 Å². The molecular weight excluding hydrogens is 469 g/mol. The Kier molecular flexibility index (Phi) is 10.2. The number of hydrogen-bond acceptors (Lipinski definition) is 3. The molecule has 0 amide bonds. The molecule has 0 saturated carbocycles. The molecule has 0 aliphatic heterocycles. The minimum atomic E-state index is -3.29. The Labute approximate surface area is 151 Å². The summed E-state index contributed by atoms with van der Waals surface area (Å²) in [5.74, 6) is 0.281. The second-order valence-electron chi connectivity index (χ2n) is 4.32. The minimum absolute atomic E-state index is 0. The topological polar surface area (TPSA) is 84.5 Å². The highest BCUT2D eigenvalue weighted by Crippen LogP contribution is 2.15. The first kappa shape index (κ1) is 20.6. The van der Waals surface area contributed by atoms with E-state index in [1.165, 1.54) is 0 Å². The number of halogens is 2. The number of rotatable bonds is 7. The molecular formula is C13H21BrIN3O2S. The summed E-state index contributed by atoms with van der Waals surface area (Å²) in [7, 11) is -3.29. The molecule has 8 heteroatoms. The lowest BCUT2D eigenvalue weighted by atomic mass is 10.3. The lowest BCUT2D eigenvalue weighted by molar-refractivity contribution is 0.594. The molecule has 0 aliphatic carbocycles. The van der Waals surface area contributed by atoms with Crippen LogP contribution in [0.4, 0.5) is 0 Å². The maximum Gasteiger partial charge on any atom is 0.188 e. The fourth-order valence-electron chi connectivity index (χ4n) is 1.49. The summed E-state index contributed by atoms with van der Waals surface area (Å²) >= 11 is 3.27. The van der Waals surface area contributed by atoms with Gasteiger partial charge in [0.15, 0.2) is 15.8 Å². The van der Waals surface area contributed by atoms with Crippen LogP contribution in [-0.4, -0.2) is 33.2 Å². The first-order chi connectivity index (χ1) is 9.45. The van der Waals surface area contributed by atoms with Crippen LogP contribution in [0.2, 0.25) is 0 Å². The Hall–Kier alpha value is -0.350. The van der Waals surface area contributed by atoms with Crippen LogP contribution in [0.3, 0.4) is 0 Å². The maximum absolute atomic E-state index is 12.0. The van der Waals surface area contributed by atoms with Crippen LogP contribution >= 0.6 is 39.9 Å². The third kappa shape index (κ3) is 8.01. The van der Waals surface area contributed by atoms with Gasteiger partial charge in [-0.2, -0.15) is 0 Å². The molecule has 3 N–H and O–H groups in total. The Balaban J connectivity index is 0.00000400. The summed E-state index contributed by atoms with van der Waals surface area (Å²) in [5.41, 5.74) is 5.64. The van der Waals surface area contributed by atoms with Gasteiger partial charge in [-0.05, 0) is 30.7 Å². The minimum Gasteiger partial charge on any atom is -0.370 e. The number of hydrogen-bond donors (Lipinski definition) is 2. The molecule has 0 spiro atoms. The third-order valence-electron chi connectivity index (χ3n) is 2.64. The molecule has 0 unspecified atom stereocenters. The van der Waals surface area contributed by atoms with E-state index in [1.54, 1.807) is 24.3 Å². The molecule has 21 heavy (non-hydrogen) atoms. The number of guanidine groups is 1. The average molecular weight is 490 g/mol. The zero-order valence-corrected chi connectivity index (χ0v) is 16.6. The number of nitrogens with one attached hydrogen (secondary N) is 1. The number of unbranched alkanes of at least 4 members (excludes halogenated alkanes) is 1. The molecule has 5 nitrogen and oxygen atoms in total. The largest absolute Gasteiger partial charge is 0.370 e. The summed E-state index contributed by atoms with van der Waals surface area (Å²) in [6, 6.07) is 6.58. The summed E-state index contributed by atoms with van der Waals surface area (Å²) in [6.45, 7) is 2.98. The molecule has 0 atom stereocenters. The number of sulfone groups is 1. The Bertz CT molecular complexity index is 547. The monoisotopic (exact) mass is 489 g/mol. The van der Waals surface area contributed by atoms with Gasteiger partial charge in [0.1, 0.15) is 0 Å². The Morgan fingerprint density at radius 3 is 2.52 bits per heavy atom. The standard InChI is InChI=1S/C13H20BrN3O2S.HI/c1-2-3-8-16-13(15)17-9-10-20(18,19)12-6-4-11(14)5-7-12;/h4-7H,2-3,8-10H2,1H3,(H3,15,16,17);1H. The number of nitrogens with zero attached hydrogens (tertiary/aromatic N) is 1. The zero-order valence-electron chi connectivity index (χ0n) is 11.9. The maximum atomic E-state index is 12.0. The lowest BCUT2D eigenvalue weighted by Crippen LogP contribution is -2.35. The van der Waals surface area contributed by atoms with E-state index in [4.69, 9.17) is 5.73 Å². The van der Waals surface area contributed by atoms with Crippen LogP contribution < -0.4 is 11.1 Å². The second-order valence-corrected chi connectivity index (χ2v) is 7.34. The van der Waals surface area contributed by atoms with Gasteiger partial charge >= 0.3 is 0 Å². The van der Waals surface area contributed by atoms with E-state index in [9.17, 15) is 8.42 Å². The predicted molar refractivity (Wildman–Crippen MR) is 101 cm³/mol. The molecule has 1 rings (SSSR count). The van der Waals surface area contributed by atoms with Crippen LogP contribution in [-0.2, 0) is 9.84 Å². The van der Waals surface area contributed by atoms with Gasteiger partial charge in [-0.3, -0.25) is 4.99 Å². The van der Waals surface area contributed by atoms with E-state index in [-0.39, 0.29) is 36.3 Å². The number of nitrogens with two attached hydrogens (primary N) is 1. The van der Waals surface area contributed by atoms with Gasteiger partial charge in [-0.1, -0.05) is 29.3 Å². The van der Waals surface area contributed by atoms with Gasteiger partial charge in [0.05, 0.1) is 10.6 Å². The van der Waals surface area contributed by atoms with E-state index >= 15 is 0 Å². The van der Waals surface area contributed by atoms with Gasteiger partial charge in [-0.25, -0.2) is 8.42 Å².